The predicted octanol–water partition coefficient (Wildman–Crippen LogP) is 3.27. The van der Waals surface area contributed by atoms with Gasteiger partial charge < -0.3 is 5.32 Å². The zero-order chi connectivity index (χ0) is 18.1. The molecule has 0 bridgehead atoms. The van der Waals surface area contributed by atoms with E-state index >= 15 is 0 Å². The molecule has 0 saturated carbocycles. The molecule has 2 heterocycles. The van der Waals surface area contributed by atoms with Gasteiger partial charge in [0.15, 0.2) is 5.69 Å². The summed E-state index contributed by atoms with van der Waals surface area (Å²) in [6, 6.07) is 9.07. The Balaban J connectivity index is 1.80. The number of carbonyl (C=O) groups is 1. The Labute approximate surface area is 151 Å². The van der Waals surface area contributed by atoms with Crippen LogP contribution in [0.4, 0.5) is 0 Å². The lowest BCUT2D eigenvalue weighted by Crippen LogP contribution is -2.27. The van der Waals surface area contributed by atoms with Crippen LogP contribution in [-0.4, -0.2) is 25.5 Å². The number of nitrogens with zero attached hydrogens (tertiary/aromatic N) is 4. The van der Waals surface area contributed by atoms with Gasteiger partial charge >= 0.3 is 0 Å². The third-order valence-electron chi connectivity index (χ3n) is 4.34. The van der Waals surface area contributed by atoms with Gasteiger partial charge in [0.1, 0.15) is 0 Å². The van der Waals surface area contributed by atoms with Gasteiger partial charge in [-0.05, 0) is 37.6 Å². The van der Waals surface area contributed by atoms with Crippen molar-refractivity contribution in [3.05, 3.63) is 58.5 Å². The molecule has 0 fully saturated rings. The minimum Gasteiger partial charge on any atom is -0.344 e. The zero-order valence-electron chi connectivity index (χ0n) is 14.6. The first kappa shape index (κ1) is 17.2. The van der Waals surface area contributed by atoms with Crippen LogP contribution >= 0.6 is 11.6 Å². The van der Waals surface area contributed by atoms with E-state index in [0.717, 1.165) is 22.5 Å². The minimum absolute atomic E-state index is 0.151. The van der Waals surface area contributed by atoms with Gasteiger partial charge in [-0.25, -0.2) is 0 Å². The maximum Gasteiger partial charge on any atom is 0.272 e. The molecule has 0 aliphatic rings. The molecule has 3 aromatic rings. The maximum absolute atomic E-state index is 12.6. The highest BCUT2D eigenvalue weighted by atomic mass is 35.5. The number of nitrogens with one attached hydrogen (secondary N) is 1. The highest BCUT2D eigenvalue weighted by Gasteiger charge is 2.19. The quantitative estimate of drug-likeness (QED) is 0.779. The third kappa shape index (κ3) is 3.44. The number of hydrogen-bond acceptors (Lipinski definition) is 3. The molecular formula is C18H20ClN5O. The van der Waals surface area contributed by atoms with E-state index in [9.17, 15) is 4.79 Å². The molecule has 0 unspecified atom stereocenters. The molecule has 1 N–H and O–H groups in total. The molecule has 0 radical (unpaired) electrons. The standard InChI is InChI=1S/C18H20ClN5O/c1-11(15-10-20-23(3)12(15)2)21-18(25)16-9-17(24(4)22-16)13-5-7-14(19)8-6-13/h5-11H,1-4H3,(H,21,25)/t11-/m1/s1. The molecule has 0 saturated heterocycles. The van der Waals surface area contributed by atoms with Crippen molar-refractivity contribution in [1.82, 2.24) is 24.9 Å². The molecule has 0 spiro atoms. The summed E-state index contributed by atoms with van der Waals surface area (Å²) in [5.74, 6) is -0.216. The zero-order valence-corrected chi connectivity index (χ0v) is 15.4. The van der Waals surface area contributed by atoms with Crippen molar-refractivity contribution in [2.45, 2.75) is 19.9 Å². The van der Waals surface area contributed by atoms with Crippen molar-refractivity contribution in [2.24, 2.45) is 14.1 Å². The normalized spacial score (nSPS) is 12.2. The largest absolute Gasteiger partial charge is 0.344 e. The number of hydrogen-bond donors (Lipinski definition) is 1. The van der Waals surface area contributed by atoms with Crippen LogP contribution < -0.4 is 5.32 Å². The fraction of sp³-hybridized carbons (Fsp3) is 0.278. The van der Waals surface area contributed by atoms with Gasteiger partial charge in [0.05, 0.1) is 17.9 Å². The monoisotopic (exact) mass is 357 g/mol. The summed E-state index contributed by atoms with van der Waals surface area (Å²) in [6.45, 7) is 3.91. The lowest BCUT2D eigenvalue weighted by molar-refractivity contribution is 0.0934. The summed E-state index contributed by atoms with van der Waals surface area (Å²) in [5, 5.41) is 12.2. The summed E-state index contributed by atoms with van der Waals surface area (Å²) in [6.07, 6.45) is 1.78. The van der Waals surface area contributed by atoms with Crippen LogP contribution in [0.15, 0.2) is 36.5 Å². The van der Waals surface area contributed by atoms with Gasteiger partial charge in [-0.2, -0.15) is 10.2 Å². The van der Waals surface area contributed by atoms with Gasteiger partial charge in [-0.15, -0.1) is 0 Å². The fourth-order valence-electron chi connectivity index (χ4n) is 2.76. The van der Waals surface area contributed by atoms with Gasteiger partial charge in [0.2, 0.25) is 0 Å². The van der Waals surface area contributed by atoms with Crippen molar-refractivity contribution in [2.75, 3.05) is 0 Å². The van der Waals surface area contributed by atoms with Gasteiger partial charge in [-0.3, -0.25) is 14.2 Å². The number of halogens is 1. The molecule has 6 nitrogen and oxygen atoms in total. The Kier molecular flexibility index (Phi) is 4.63. The van der Waals surface area contributed by atoms with E-state index in [-0.39, 0.29) is 11.9 Å². The van der Waals surface area contributed by atoms with Crippen molar-refractivity contribution in [1.29, 1.82) is 0 Å². The van der Waals surface area contributed by atoms with Gasteiger partial charge in [0, 0.05) is 30.4 Å². The van der Waals surface area contributed by atoms with Crippen molar-refractivity contribution in [3.63, 3.8) is 0 Å². The number of aryl methyl sites for hydroxylation is 2. The molecule has 7 heteroatoms. The van der Waals surface area contributed by atoms with E-state index in [2.05, 4.69) is 15.5 Å². The van der Waals surface area contributed by atoms with Crippen LogP contribution in [0.2, 0.25) is 5.02 Å². The molecule has 2 aromatic heterocycles. The Bertz CT molecular complexity index is 910. The van der Waals surface area contributed by atoms with Crippen molar-refractivity contribution in [3.8, 4) is 11.3 Å². The van der Waals surface area contributed by atoms with Crippen LogP contribution in [0.5, 0.6) is 0 Å². The predicted molar refractivity (Wildman–Crippen MR) is 97.5 cm³/mol. The summed E-state index contributed by atoms with van der Waals surface area (Å²) in [7, 11) is 3.69. The second-order valence-electron chi connectivity index (χ2n) is 6.05. The smallest absolute Gasteiger partial charge is 0.272 e. The summed E-state index contributed by atoms with van der Waals surface area (Å²) < 4.78 is 3.48. The fourth-order valence-corrected chi connectivity index (χ4v) is 2.88. The van der Waals surface area contributed by atoms with Crippen LogP contribution in [0, 0.1) is 6.92 Å². The molecule has 3 rings (SSSR count). The first-order valence-electron chi connectivity index (χ1n) is 7.96. The van der Waals surface area contributed by atoms with Gasteiger partial charge in [0.25, 0.3) is 5.91 Å². The number of benzene rings is 1. The van der Waals surface area contributed by atoms with Crippen LogP contribution in [0.1, 0.15) is 34.7 Å². The lowest BCUT2D eigenvalue weighted by atomic mass is 10.1. The lowest BCUT2D eigenvalue weighted by Gasteiger charge is -2.12. The first-order chi connectivity index (χ1) is 11.9. The minimum atomic E-state index is -0.216. The molecule has 130 valence electrons. The van der Waals surface area contributed by atoms with E-state index in [1.54, 1.807) is 21.6 Å². The summed E-state index contributed by atoms with van der Waals surface area (Å²) in [4.78, 5) is 12.6. The molecule has 25 heavy (non-hydrogen) atoms. The van der Waals surface area contributed by atoms with E-state index in [4.69, 9.17) is 11.6 Å². The Morgan fingerprint density at radius 2 is 1.88 bits per heavy atom. The Hall–Kier alpha value is -2.60. The third-order valence-corrected chi connectivity index (χ3v) is 4.59. The number of aromatic nitrogens is 4. The number of carbonyl (C=O) groups excluding carboxylic acids is 1. The van der Waals surface area contributed by atoms with Crippen LogP contribution in [-0.2, 0) is 14.1 Å². The average molecular weight is 358 g/mol. The topological polar surface area (TPSA) is 64.7 Å². The molecular weight excluding hydrogens is 338 g/mol. The molecule has 1 atom stereocenters. The number of rotatable bonds is 4. The van der Waals surface area contributed by atoms with Crippen LogP contribution in [0.3, 0.4) is 0 Å². The van der Waals surface area contributed by atoms with E-state index in [1.165, 1.54) is 0 Å². The van der Waals surface area contributed by atoms with E-state index in [1.807, 2.05) is 52.2 Å². The van der Waals surface area contributed by atoms with Crippen molar-refractivity contribution < 1.29 is 4.79 Å². The maximum atomic E-state index is 12.6. The highest BCUT2D eigenvalue weighted by Crippen LogP contribution is 2.22. The molecule has 1 amide bonds. The molecule has 0 aliphatic carbocycles. The second-order valence-corrected chi connectivity index (χ2v) is 6.49. The average Bonchev–Trinajstić information content (AvgIpc) is 3.12. The van der Waals surface area contributed by atoms with Crippen molar-refractivity contribution >= 4 is 17.5 Å². The first-order valence-corrected chi connectivity index (χ1v) is 8.34. The summed E-state index contributed by atoms with van der Waals surface area (Å²) in [5.41, 5.74) is 4.20. The number of amides is 1. The van der Waals surface area contributed by atoms with E-state index in [0.29, 0.717) is 10.7 Å². The Morgan fingerprint density at radius 3 is 2.48 bits per heavy atom. The van der Waals surface area contributed by atoms with Crippen LogP contribution in [0.25, 0.3) is 11.3 Å². The molecule has 0 aliphatic heterocycles. The Morgan fingerprint density at radius 1 is 1.20 bits per heavy atom. The molecule has 1 aromatic carbocycles. The highest BCUT2D eigenvalue weighted by molar-refractivity contribution is 6.30. The summed E-state index contributed by atoms with van der Waals surface area (Å²) >= 11 is 5.93. The van der Waals surface area contributed by atoms with E-state index < -0.39 is 0 Å². The SMILES string of the molecule is Cc1c([C@@H](C)NC(=O)c2cc(-c3ccc(Cl)cc3)n(C)n2)cnn1C. The second kappa shape index (κ2) is 6.72. The van der Waals surface area contributed by atoms with Gasteiger partial charge in [-0.1, -0.05) is 23.7 Å².